The summed E-state index contributed by atoms with van der Waals surface area (Å²) in [6, 6.07) is 9.79. The molecule has 1 aliphatic carbocycles. The number of hydrogen-bond acceptors (Lipinski definition) is 1. The molecule has 2 nitrogen and oxygen atoms in total. The third kappa shape index (κ3) is 2.51. The number of amides is 1. The van der Waals surface area contributed by atoms with Gasteiger partial charge in [0, 0.05) is 19.2 Å². The Hall–Kier alpha value is -1.57. The van der Waals surface area contributed by atoms with Crippen molar-refractivity contribution in [3.8, 4) is 0 Å². The number of rotatable bonds is 3. The molecule has 2 heteroatoms. The molecule has 0 saturated heterocycles. The van der Waals surface area contributed by atoms with Crippen LogP contribution in [0, 0.1) is 5.92 Å². The van der Waals surface area contributed by atoms with Crippen molar-refractivity contribution < 1.29 is 4.79 Å². The average Bonchev–Trinajstić information content (AvgIpc) is 2.82. The van der Waals surface area contributed by atoms with Crippen molar-refractivity contribution in [3.05, 3.63) is 42.5 Å². The van der Waals surface area contributed by atoms with Crippen LogP contribution in [-0.2, 0) is 4.79 Å². The van der Waals surface area contributed by atoms with Crippen molar-refractivity contribution in [1.82, 2.24) is 0 Å². The first-order valence-electron chi connectivity index (χ1n) is 5.75. The van der Waals surface area contributed by atoms with E-state index in [1.165, 1.54) is 0 Å². The number of carbonyl (C=O) groups is 1. The van der Waals surface area contributed by atoms with Gasteiger partial charge in [0.15, 0.2) is 0 Å². The maximum absolute atomic E-state index is 12.0. The fourth-order valence-corrected chi connectivity index (χ4v) is 2.02. The molecule has 0 aromatic heterocycles. The zero-order chi connectivity index (χ0) is 11.4. The Kier molecular flexibility index (Phi) is 3.40. The predicted octanol–water partition coefficient (Wildman–Crippen LogP) is 3.01. The molecule has 16 heavy (non-hydrogen) atoms. The van der Waals surface area contributed by atoms with E-state index in [0.29, 0.717) is 12.3 Å². The van der Waals surface area contributed by atoms with Crippen molar-refractivity contribution >= 4 is 11.6 Å². The van der Waals surface area contributed by atoms with Gasteiger partial charge in [-0.05, 0) is 30.9 Å². The summed E-state index contributed by atoms with van der Waals surface area (Å²) in [5.74, 6) is 0.640. The Balaban J connectivity index is 1.96. The molecule has 0 heterocycles. The maximum Gasteiger partial charge on any atom is 0.227 e. The highest BCUT2D eigenvalue weighted by molar-refractivity contribution is 5.93. The largest absolute Gasteiger partial charge is 0.315 e. The van der Waals surface area contributed by atoms with E-state index in [0.717, 1.165) is 18.5 Å². The average molecular weight is 215 g/mol. The summed E-state index contributed by atoms with van der Waals surface area (Å²) in [6.45, 7) is 0. The molecule has 1 unspecified atom stereocenters. The first-order valence-corrected chi connectivity index (χ1v) is 5.75. The molecular formula is C14H17NO. The lowest BCUT2D eigenvalue weighted by molar-refractivity contribution is -0.118. The van der Waals surface area contributed by atoms with Crippen LogP contribution in [0.4, 0.5) is 5.69 Å². The quantitative estimate of drug-likeness (QED) is 0.710. The molecule has 1 aromatic rings. The zero-order valence-electron chi connectivity index (χ0n) is 9.60. The number of benzene rings is 1. The molecule has 0 fully saturated rings. The molecule has 0 aliphatic heterocycles. The Morgan fingerprint density at radius 1 is 1.38 bits per heavy atom. The van der Waals surface area contributed by atoms with E-state index in [9.17, 15) is 4.79 Å². The molecule has 1 atom stereocenters. The van der Waals surface area contributed by atoms with Gasteiger partial charge in [-0.15, -0.1) is 0 Å². The van der Waals surface area contributed by atoms with Gasteiger partial charge in [-0.3, -0.25) is 4.79 Å². The molecule has 0 spiro atoms. The highest BCUT2D eigenvalue weighted by Gasteiger charge is 2.17. The molecule has 2 rings (SSSR count). The topological polar surface area (TPSA) is 20.3 Å². The second kappa shape index (κ2) is 4.97. The summed E-state index contributed by atoms with van der Waals surface area (Å²) < 4.78 is 0. The molecule has 1 amide bonds. The van der Waals surface area contributed by atoms with Crippen LogP contribution in [0.2, 0.25) is 0 Å². The van der Waals surface area contributed by atoms with Gasteiger partial charge < -0.3 is 4.90 Å². The van der Waals surface area contributed by atoms with Gasteiger partial charge in [0.2, 0.25) is 5.91 Å². The minimum absolute atomic E-state index is 0.197. The molecule has 1 aromatic carbocycles. The minimum atomic E-state index is 0.197. The van der Waals surface area contributed by atoms with E-state index in [-0.39, 0.29) is 5.91 Å². The van der Waals surface area contributed by atoms with Crippen molar-refractivity contribution in [2.24, 2.45) is 5.92 Å². The third-order valence-corrected chi connectivity index (χ3v) is 3.07. The number of allylic oxidation sites excluding steroid dienone is 2. The van der Waals surface area contributed by atoms with Gasteiger partial charge in [0.25, 0.3) is 0 Å². The molecule has 1 aliphatic rings. The first-order chi connectivity index (χ1) is 7.77. The number of hydrogen-bond donors (Lipinski definition) is 0. The lowest BCUT2D eigenvalue weighted by atomic mass is 10.0. The lowest BCUT2D eigenvalue weighted by Crippen LogP contribution is -2.27. The van der Waals surface area contributed by atoms with E-state index in [1.54, 1.807) is 4.90 Å². The molecule has 0 radical (unpaired) electrons. The second-order valence-corrected chi connectivity index (χ2v) is 4.26. The van der Waals surface area contributed by atoms with Crippen LogP contribution in [0.5, 0.6) is 0 Å². The number of nitrogens with zero attached hydrogens (tertiary/aromatic N) is 1. The number of para-hydroxylation sites is 1. The van der Waals surface area contributed by atoms with Crippen molar-refractivity contribution in [1.29, 1.82) is 0 Å². The first kappa shape index (κ1) is 10.9. The number of anilines is 1. The molecular weight excluding hydrogens is 198 g/mol. The van der Waals surface area contributed by atoms with Crippen LogP contribution in [0.15, 0.2) is 42.5 Å². The zero-order valence-corrected chi connectivity index (χ0v) is 9.60. The van der Waals surface area contributed by atoms with Gasteiger partial charge in [-0.2, -0.15) is 0 Å². The van der Waals surface area contributed by atoms with E-state index in [1.807, 2.05) is 37.4 Å². The third-order valence-electron chi connectivity index (χ3n) is 3.07. The van der Waals surface area contributed by atoms with Gasteiger partial charge in [-0.25, -0.2) is 0 Å². The maximum atomic E-state index is 12.0. The Morgan fingerprint density at radius 2 is 2.12 bits per heavy atom. The van der Waals surface area contributed by atoms with Gasteiger partial charge in [-0.1, -0.05) is 30.4 Å². The summed E-state index contributed by atoms with van der Waals surface area (Å²) in [4.78, 5) is 13.7. The minimum Gasteiger partial charge on any atom is -0.315 e. The van der Waals surface area contributed by atoms with Gasteiger partial charge in [0.1, 0.15) is 0 Å². The molecule has 0 bridgehead atoms. The highest BCUT2D eigenvalue weighted by atomic mass is 16.2. The summed E-state index contributed by atoms with van der Waals surface area (Å²) >= 11 is 0. The smallest absolute Gasteiger partial charge is 0.227 e. The van der Waals surface area contributed by atoms with E-state index < -0.39 is 0 Å². The van der Waals surface area contributed by atoms with Crippen molar-refractivity contribution in [3.63, 3.8) is 0 Å². The summed E-state index contributed by atoms with van der Waals surface area (Å²) in [7, 11) is 1.84. The fourth-order valence-electron chi connectivity index (χ4n) is 2.02. The van der Waals surface area contributed by atoms with Crippen molar-refractivity contribution in [2.45, 2.75) is 19.3 Å². The van der Waals surface area contributed by atoms with Crippen LogP contribution in [0.3, 0.4) is 0 Å². The predicted molar refractivity (Wildman–Crippen MR) is 66.3 cm³/mol. The van der Waals surface area contributed by atoms with Crippen LogP contribution in [0.25, 0.3) is 0 Å². The Morgan fingerprint density at radius 3 is 2.75 bits per heavy atom. The Bertz CT molecular complexity index is 383. The van der Waals surface area contributed by atoms with Crippen LogP contribution < -0.4 is 4.90 Å². The summed E-state index contributed by atoms with van der Waals surface area (Å²) in [6.07, 6.45) is 7.19. The highest BCUT2D eigenvalue weighted by Crippen LogP contribution is 2.22. The number of carbonyl (C=O) groups excluding carboxylic acids is 1. The van der Waals surface area contributed by atoms with E-state index in [4.69, 9.17) is 0 Å². The lowest BCUT2D eigenvalue weighted by Gasteiger charge is -2.18. The second-order valence-electron chi connectivity index (χ2n) is 4.26. The van der Waals surface area contributed by atoms with Crippen molar-refractivity contribution in [2.75, 3.05) is 11.9 Å². The normalized spacial score (nSPS) is 18.7. The van der Waals surface area contributed by atoms with Gasteiger partial charge in [0.05, 0.1) is 0 Å². The fraction of sp³-hybridized carbons (Fsp3) is 0.357. The van der Waals surface area contributed by atoms with Crippen LogP contribution >= 0.6 is 0 Å². The van der Waals surface area contributed by atoms with E-state index >= 15 is 0 Å². The summed E-state index contributed by atoms with van der Waals surface area (Å²) in [5, 5.41) is 0. The molecule has 0 N–H and O–H groups in total. The molecule has 84 valence electrons. The SMILES string of the molecule is CN(C(=O)CC1C=CCC1)c1ccccc1. The van der Waals surface area contributed by atoms with Crippen LogP contribution in [0.1, 0.15) is 19.3 Å². The standard InChI is InChI=1S/C14H17NO/c1-15(13-9-3-2-4-10-13)14(16)11-12-7-5-6-8-12/h2-5,7,9-10,12H,6,8,11H2,1H3. The monoisotopic (exact) mass is 215 g/mol. The van der Waals surface area contributed by atoms with Crippen LogP contribution in [-0.4, -0.2) is 13.0 Å². The summed E-state index contributed by atoms with van der Waals surface area (Å²) in [5.41, 5.74) is 0.967. The molecule has 0 saturated carbocycles. The Labute approximate surface area is 96.6 Å². The van der Waals surface area contributed by atoms with E-state index in [2.05, 4.69) is 12.2 Å². The van der Waals surface area contributed by atoms with Gasteiger partial charge >= 0.3 is 0 Å².